The summed E-state index contributed by atoms with van der Waals surface area (Å²) in [4.78, 5) is 15.8. The molecule has 0 aliphatic carbocycles. The van der Waals surface area contributed by atoms with Crippen LogP contribution in [0.1, 0.15) is 0 Å². The molecule has 4 aromatic heterocycles. The van der Waals surface area contributed by atoms with Gasteiger partial charge in [0.1, 0.15) is 0 Å². The average Bonchev–Trinajstić information content (AvgIpc) is 3.69. The van der Waals surface area contributed by atoms with Gasteiger partial charge in [0.15, 0.2) is 11.6 Å². The minimum Gasteiger partial charge on any atom is -0.308 e. The van der Waals surface area contributed by atoms with Crippen molar-refractivity contribution in [3.8, 4) is 28.7 Å². The molecule has 0 radical (unpaired) electrons. The van der Waals surface area contributed by atoms with Crippen molar-refractivity contribution in [1.29, 1.82) is 0 Å². The lowest BCUT2D eigenvalue weighted by atomic mass is 10.0. The normalized spacial score (nSPS) is 12.2. The molecule has 0 saturated carbocycles. The predicted molar refractivity (Wildman–Crippen MR) is 215 cm³/mol. The summed E-state index contributed by atoms with van der Waals surface area (Å²) in [7, 11) is 0. The largest absolute Gasteiger partial charge is 0.308 e. The number of aromatic nitrogens is 5. The van der Waals surface area contributed by atoms with Crippen molar-refractivity contribution < 1.29 is 0 Å². The minimum atomic E-state index is 0.592. The highest BCUT2D eigenvalue weighted by Gasteiger charge is 2.24. The van der Waals surface area contributed by atoms with Gasteiger partial charge in [-0.3, -0.25) is 4.57 Å². The number of hydrogen-bond acceptors (Lipinski definition) is 3. The van der Waals surface area contributed by atoms with E-state index in [1.807, 2.05) is 0 Å². The molecule has 0 unspecified atom stereocenters. The van der Waals surface area contributed by atoms with Crippen molar-refractivity contribution in [3.05, 3.63) is 164 Å². The van der Waals surface area contributed by atoms with Gasteiger partial charge in [-0.05, 0) is 63.3 Å². The van der Waals surface area contributed by atoms with Crippen LogP contribution in [0.25, 0.3) is 110 Å². The molecule has 0 bridgehead atoms. The SMILES string of the molecule is c1ccc2cc(-c3nc(-c4ccc5ccccc5c4)nc(-n4c5cccc6c7ccccc7n7c8ccccc8c8ccc4c(c65)c87)n3)ccc2c1. The van der Waals surface area contributed by atoms with Crippen molar-refractivity contribution in [2.45, 2.75) is 0 Å². The fourth-order valence-corrected chi connectivity index (χ4v) is 8.57. The Morgan fingerprint density at radius 1 is 0.346 bits per heavy atom. The summed E-state index contributed by atoms with van der Waals surface area (Å²) in [6.07, 6.45) is 0. The Hall–Kier alpha value is -7.11. The third-order valence-electron chi connectivity index (χ3n) is 10.9. The smallest absolute Gasteiger partial charge is 0.238 e. The Morgan fingerprint density at radius 2 is 0.865 bits per heavy atom. The molecule has 0 saturated heterocycles. The number of fused-ring (bicyclic) bond motifs is 8. The lowest BCUT2D eigenvalue weighted by molar-refractivity contribution is 0.954. The quantitative estimate of drug-likeness (QED) is 0.189. The Kier molecular flexibility index (Phi) is 5.44. The third kappa shape index (κ3) is 3.74. The number of nitrogens with zero attached hydrogens (tertiary/aromatic N) is 5. The standard InChI is InChI=1S/C47H27N5/c1-3-12-30-26-32(22-20-28(30)10-1)45-48-46(33-23-21-29-11-2-4-13-31(29)27-33)50-47(49-45)52-40-19-9-16-36-34-14-5-7-17-38(34)51-39-18-8-6-15-35(39)37-24-25-41(52)43(42(36)40)44(37)51/h1-27H. The van der Waals surface area contributed by atoms with Gasteiger partial charge in [0.25, 0.3) is 0 Å². The van der Waals surface area contributed by atoms with Crippen LogP contribution in [0.2, 0.25) is 0 Å². The van der Waals surface area contributed by atoms with E-state index >= 15 is 0 Å². The van der Waals surface area contributed by atoms with E-state index in [0.717, 1.165) is 32.9 Å². The highest BCUT2D eigenvalue weighted by atomic mass is 15.2. The second-order valence-electron chi connectivity index (χ2n) is 13.7. The molecule has 4 heterocycles. The van der Waals surface area contributed by atoms with Crippen LogP contribution in [-0.4, -0.2) is 23.9 Å². The van der Waals surface area contributed by atoms with E-state index in [9.17, 15) is 0 Å². The van der Waals surface area contributed by atoms with Crippen molar-refractivity contribution in [2.24, 2.45) is 0 Å². The molecular weight excluding hydrogens is 635 g/mol. The van der Waals surface area contributed by atoms with Gasteiger partial charge in [0.2, 0.25) is 5.95 Å². The first kappa shape index (κ1) is 27.7. The third-order valence-corrected chi connectivity index (χ3v) is 10.9. The zero-order valence-electron chi connectivity index (χ0n) is 27.8. The van der Waals surface area contributed by atoms with Crippen molar-refractivity contribution in [1.82, 2.24) is 23.9 Å². The fourth-order valence-electron chi connectivity index (χ4n) is 8.57. The molecule has 12 rings (SSSR count). The Balaban J connectivity index is 1.23. The molecular formula is C47H27N5. The van der Waals surface area contributed by atoms with E-state index < -0.39 is 0 Å². The molecule has 12 aromatic rings. The van der Waals surface area contributed by atoms with Crippen molar-refractivity contribution >= 4 is 81.4 Å². The van der Waals surface area contributed by atoms with Crippen LogP contribution in [0.3, 0.4) is 0 Å². The Bertz CT molecular complexity index is 3330. The lowest BCUT2D eigenvalue weighted by Crippen LogP contribution is -2.06. The van der Waals surface area contributed by atoms with E-state index in [-0.39, 0.29) is 0 Å². The molecule has 5 nitrogen and oxygen atoms in total. The second kappa shape index (κ2) is 10.2. The Morgan fingerprint density at radius 3 is 1.52 bits per heavy atom. The summed E-state index contributed by atoms with van der Waals surface area (Å²) in [5, 5.41) is 11.9. The fraction of sp³-hybridized carbons (Fsp3) is 0. The molecule has 52 heavy (non-hydrogen) atoms. The summed E-state index contributed by atoms with van der Waals surface area (Å²) in [5.41, 5.74) is 7.61. The van der Waals surface area contributed by atoms with Gasteiger partial charge in [-0.15, -0.1) is 0 Å². The molecule has 0 atom stereocenters. The number of rotatable bonds is 3. The minimum absolute atomic E-state index is 0.592. The van der Waals surface area contributed by atoms with Crippen LogP contribution >= 0.6 is 0 Å². The van der Waals surface area contributed by atoms with Crippen LogP contribution in [0.5, 0.6) is 0 Å². The maximum absolute atomic E-state index is 5.31. The first-order chi connectivity index (χ1) is 25.8. The first-order valence-electron chi connectivity index (χ1n) is 17.6. The van der Waals surface area contributed by atoms with Crippen LogP contribution in [0, 0.1) is 0 Å². The van der Waals surface area contributed by atoms with E-state index in [2.05, 4.69) is 173 Å². The number of hydrogen-bond donors (Lipinski definition) is 0. The molecule has 5 heteroatoms. The zero-order chi connectivity index (χ0) is 33.9. The monoisotopic (exact) mass is 661 g/mol. The van der Waals surface area contributed by atoms with Crippen LogP contribution in [0.4, 0.5) is 0 Å². The highest BCUT2D eigenvalue weighted by Crippen LogP contribution is 2.45. The molecule has 240 valence electrons. The summed E-state index contributed by atoms with van der Waals surface area (Å²) >= 11 is 0. The van der Waals surface area contributed by atoms with E-state index in [4.69, 9.17) is 15.0 Å². The van der Waals surface area contributed by atoms with E-state index in [0.29, 0.717) is 17.6 Å². The highest BCUT2D eigenvalue weighted by molar-refractivity contribution is 6.33. The number of benzene rings is 8. The van der Waals surface area contributed by atoms with Crippen molar-refractivity contribution in [2.75, 3.05) is 0 Å². The average molecular weight is 662 g/mol. The van der Waals surface area contributed by atoms with Gasteiger partial charge in [-0.1, -0.05) is 127 Å². The van der Waals surface area contributed by atoms with Crippen molar-refractivity contribution in [3.63, 3.8) is 0 Å². The van der Waals surface area contributed by atoms with Gasteiger partial charge >= 0.3 is 0 Å². The summed E-state index contributed by atoms with van der Waals surface area (Å²) in [6, 6.07) is 58.4. The predicted octanol–water partition coefficient (Wildman–Crippen LogP) is 11.8. The van der Waals surface area contributed by atoms with Gasteiger partial charge in [0.05, 0.1) is 27.6 Å². The summed E-state index contributed by atoms with van der Waals surface area (Å²) in [5.74, 6) is 1.87. The molecule has 0 N–H and O–H groups in total. The molecule has 8 aromatic carbocycles. The summed E-state index contributed by atoms with van der Waals surface area (Å²) < 4.78 is 4.71. The molecule has 0 spiro atoms. The van der Waals surface area contributed by atoms with Crippen LogP contribution < -0.4 is 0 Å². The zero-order valence-corrected chi connectivity index (χ0v) is 27.8. The molecule has 0 aliphatic heterocycles. The topological polar surface area (TPSA) is 48.0 Å². The van der Waals surface area contributed by atoms with E-state index in [1.54, 1.807) is 0 Å². The maximum atomic E-state index is 5.31. The second-order valence-corrected chi connectivity index (χ2v) is 13.7. The van der Waals surface area contributed by atoms with Gasteiger partial charge in [-0.2, -0.15) is 9.97 Å². The Labute approximate surface area is 297 Å². The summed E-state index contributed by atoms with van der Waals surface area (Å²) in [6.45, 7) is 0. The van der Waals surface area contributed by atoms with Gasteiger partial charge in [0, 0.05) is 38.1 Å². The molecule has 0 aliphatic rings. The molecule has 0 amide bonds. The van der Waals surface area contributed by atoms with Gasteiger partial charge in [-0.25, -0.2) is 4.98 Å². The first-order valence-corrected chi connectivity index (χ1v) is 17.6. The number of para-hydroxylation sites is 2. The van der Waals surface area contributed by atoms with Crippen LogP contribution in [0.15, 0.2) is 164 Å². The molecule has 0 fully saturated rings. The maximum Gasteiger partial charge on any atom is 0.238 e. The lowest BCUT2D eigenvalue weighted by Gasteiger charge is -2.12. The van der Waals surface area contributed by atoms with Crippen LogP contribution in [-0.2, 0) is 0 Å². The van der Waals surface area contributed by atoms with Gasteiger partial charge < -0.3 is 4.40 Å². The van der Waals surface area contributed by atoms with E-state index in [1.165, 1.54) is 59.6 Å².